The molecule has 100 valence electrons. The Balaban J connectivity index is 2.34. The molecule has 0 spiro atoms. The molecular formula is C13H7ClF3IO. The van der Waals surface area contributed by atoms with Crippen LogP contribution in [0.5, 0.6) is 5.75 Å². The Kier molecular flexibility index (Phi) is 4.25. The molecule has 0 saturated carbocycles. The molecule has 19 heavy (non-hydrogen) atoms. The molecule has 2 rings (SSSR count). The van der Waals surface area contributed by atoms with Gasteiger partial charge in [-0.05, 0) is 58.0 Å². The summed E-state index contributed by atoms with van der Waals surface area (Å²) in [6.45, 7) is 0. The molecule has 2 aromatic carbocycles. The largest absolute Gasteiger partial charge is 0.573 e. The average molecular weight is 399 g/mol. The number of hydrogen-bond donors (Lipinski definition) is 0. The third-order valence-corrected chi connectivity index (χ3v) is 3.39. The highest BCUT2D eigenvalue weighted by Crippen LogP contribution is 2.32. The molecule has 0 bridgehead atoms. The molecule has 6 heteroatoms. The minimum Gasteiger partial charge on any atom is -0.405 e. The zero-order valence-corrected chi connectivity index (χ0v) is 12.3. The van der Waals surface area contributed by atoms with Crippen molar-refractivity contribution in [2.75, 3.05) is 0 Å². The van der Waals surface area contributed by atoms with Crippen LogP contribution in [0.4, 0.5) is 13.2 Å². The van der Waals surface area contributed by atoms with E-state index in [0.29, 0.717) is 8.59 Å². The van der Waals surface area contributed by atoms with Gasteiger partial charge in [0, 0.05) is 5.02 Å². The predicted octanol–water partition coefficient (Wildman–Crippen LogP) is 5.51. The van der Waals surface area contributed by atoms with Crippen LogP contribution >= 0.6 is 34.2 Å². The van der Waals surface area contributed by atoms with Crippen LogP contribution in [0, 0.1) is 3.57 Å². The Morgan fingerprint density at radius 3 is 2.26 bits per heavy atom. The lowest BCUT2D eigenvalue weighted by molar-refractivity contribution is -0.274. The normalized spacial score (nSPS) is 11.4. The molecule has 0 saturated heterocycles. The number of rotatable bonds is 2. The van der Waals surface area contributed by atoms with Gasteiger partial charge in [0.15, 0.2) is 0 Å². The molecule has 0 amide bonds. The summed E-state index contributed by atoms with van der Waals surface area (Å²) in [5.74, 6) is -0.209. The van der Waals surface area contributed by atoms with Crippen LogP contribution in [0.25, 0.3) is 11.1 Å². The van der Waals surface area contributed by atoms with Crippen molar-refractivity contribution in [1.29, 1.82) is 0 Å². The monoisotopic (exact) mass is 398 g/mol. The van der Waals surface area contributed by atoms with Gasteiger partial charge in [0.05, 0.1) is 3.57 Å². The highest BCUT2D eigenvalue weighted by atomic mass is 127. The second kappa shape index (κ2) is 5.58. The van der Waals surface area contributed by atoms with Crippen molar-refractivity contribution in [3.63, 3.8) is 0 Å². The Morgan fingerprint density at radius 2 is 1.68 bits per heavy atom. The van der Waals surface area contributed by atoms with Crippen molar-refractivity contribution < 1.29 is 17.9 Å². The highest BCUT2D eigenvalue weighted by Gasteiger charge is 2.31. The van der Waals surface area contributed by atoms with E-state index in [9.17, 15) is 13.2 Å². The Bertz CT molecular complexity index is 599. The number of alkyl halides is 3. The summed E-state index contributed by atoms with van der Waals surface area (Å²) in [5.41, 5.74) is 1.62. The second-order valence-electron chi connectivity index (χ2n) is 3.70. The smallest absolute Gasteiger partial charge is 0.405 e. The van der Waals surface area contributed by atoms with Gasteiger partial charge in [-0.2, -0.15) is 0 Å². The molecule has 0 atom stereocenters. The van der Waals surface area contributed by atoms with Gasteiger partial charge in [0.2, 0.25) is 0 Å². The topological polar surface area (TPSA) is 9.23 Å². The first kappa shape index (κ1) is 14.5. The van der Waals surface area contributed by atoms with E-state index in [1.165, 1.54) is 6.07 Å². The summed E-state index contributed by atoms with van der Waals surface area (Å²) in [6.07, 6.45) is -4.68. The molecule has 0 radical (unpaired) electrons. The fraction of sp³-hybridized carbons (Fsp3) is 0.0769. The summed E-state index contributed by atoms with van der Waals surface area (Å²) in [4.78, 5) is 0. The van der Waals surface area contributed by atoms with Gasteiger partial charge in [0.1, 0.15) is 5.75 Å². The van der Waals surface area contributed by atoms with Crippen molar-refractivity contribution in [1.82, 2.24) is 0 Å². The molecule has 0 unspecified atom stereocenters. The average Bonchev–Trinajstić information content (AvgIpc) is 2.30. The minimum atomic E-state index is -4.68. The summed E-state index contributed by atoms with van der Waals surface area (Å²) in [7, 11) is 0. The van der Waals surface area contributed by atoms with Gasteiger partial charge in [0.25, 0.3) is 0 Å². The number of hydrogen-bond acceptors (Lipinski definition) is 1. The van der Waals surface area contributed by atoms with Gasteiger partial charge in [-0.25, -0.2) is 0 Å². The zero-order valence-electron chi connectivity index (χ0n) is 9.34. The van der Waals surface area contributed by atoms with Gasteiger partial charge in [-0.3, -0.25) is 0 Å². The van der Waals surface area contributed by atoms with Crippen molar-refractivity contribution in [2.45, 2.75) is 6.36 Å². The van der Waals surface area contributed by atoms with Crippen molar-refractivity contribution in [3.8, 4) is 16.9 Å². The highest BCUT2D eigenvalue weighted by molar-refractivity contribution is 14.1. The first-order chi connectivity index (χ1) is 8.85. The lowest BCUT2D eigenvalue weighted by Crippen LogP contribution is -2.17. The van der Waals surface area contributed by atoms with Crippen LogP contribution in [0.1, 0.15) is 0 Å². The lowest BCUT2D eigenvalue weighted by Gasteiger charge is -2.11. The molecule has 2 aromatic rings. The van der Waals surface area contributed by atoms with Gasteiger partial charge in [-0.15, -0.1) is 13.2 Å². The maximum Gasteiger partial charge on any atom is 0.573 e. The molecule has 0 aliphatic rings. The van der Waals surface area contributed by atoms with E-state index in [0.717, 1.165) is 11.1 Å². The minimum absolute atomic E-state index is 0.209. The summed E-state index contributed by atoms with van der Waals surface area (Å²) >= 11 is 7.68. The molecular weight excluding hydrogens is 391 g/mol. The van der Waals surface area contributed by atoms with Crippen LogP contribution in [0.15, 0.2) is 42.5 Å². The molecule has 0 heterocycles. The Labute approximate surface area is 126 Å². The standard InChI is InChI=1S/C13H7ClF3IO/c14-10-3-1-2-8(6-10)9-4-5-12(11(18)7-9)19-13(15,16)17/h1-7H. The molecule has 1 nitrogen and oxygen atoms in total. The van der Waals surface area contributed by atoms with Crippen molar-refractivity contribution >= 4 is 34.2 Å². The summed E-state index contributed by atoms with van der Waals surface area (Å²) in [5, 5.41) is 0.572. The number of ether oxygens (including phenoxy) is 1. The number of halogens is 5. The lowest BCUT2D eigenvalue weighted by atomic mass is 10.1. The fourth-order valence-electron chi connectivity index (χ4n) is 1.56. The Hall–Kier alpha value is -0.950. The SMILES string of the molecule is FC(F)(F)Oc1ccc(-c2cccc(Cl)c2)cc1I. The van der Waals surface area contributed by atoms with E-state index in [2.05, 4.69) is 4.74 Å². The van der Waals surface area contributed by atoms with Crippen LogP contribution < -0.4 is 4.74 Å². The van der Waals surface area contributed by atoms with Gasteiger partial charge < -0.3 is 4.74 Å². The van der Waals surface area contributed by atoms with Crippen LogP contribution in [0.3, 0.4) is 0 Å². The quantitative estimate of drug-likeness (QED) is 0.606. The van der Waals surface area contributed by atoms with Crippen LogP contribution in [0.2, 0.25) is 5.02 Å². The Morgan fingerprint density at radius 1 is 1.00 bits per heavy atom. The second-order valence-corrected chi connectivity index (χ2v) is 5.30. The number of benzene rings is 2. The van der Waals surface area contributed by atoms with E-state index in [1.54, 1.807) is 52.9 Å². The first-order valence-electron chi connectivity index (χ1n) is 5.16. The first-order valence-corrected chi connectivity index (χ1v) is 6.62. The van der Waals surface area contributed by atoms with Gasteiger partial charge >= 0.3 is 6.36 Å². The maximum atomic E-state index is 12.2. The van der Waals surface area contributed by atoms with E-state index in [1.807, 2.05) is 6.07 Å². The zero-order chi connectivity index (χ0) is 14.0. The molecule has 0 aliphatic heterocycles. The van der Waals surface area contributed by atoms with Crippen molar-refractivity contribution in [2.24, 2.45) is 0 Å². The predicted molar refractivity (Wildman–Crippen MR) is 76.3 cm³/mol. The van der Waals surface area contributed by atoms with Crippen molar-refractivity contribution in [3.05, 3.63) is 51.1 Å². The van der Waals surface area contributed by atoms with E-state index >= 15 is 0 Å². The maximum absolute atomic E-state index is 12.2. The third-order valence-electron chi connectivity index (χ3n) is 2.32. The van der Waals surface area contributed by atoms with E-state index in [4.69, 9.17) is 11.6 Å². The molecule has 0 fully saturated rings. The molecule has 0 aliphatic carbocycles. The van der Waals surface area contributed by atoms with Gasteiger partial charge in [-0.1, -0.05) is 29.8 Å². The molecule has 0 aromatic heterocycles. The fourth-order valence-corrected chi connectivity index (χ4v) is 2.37. The third kappa shape index (κ3) is 4.01. The van der Waals surface area contributed by atoms with Crippen LogP contribution in [-0.4, -0.2) is 6.36 Å². The summed E-state index contributed by atoms with van der Waals surface area (Å²) in [6, 6.07) is 11.6. The van der Waals surface area contributed by atoms with E-state index < -0.39 is 6.36 Å². The van der Waals surface area contributed by atoms with E-state index in [-0.39, 0.29) is 5.75 Å². The summed E-state index contributed by atoms with van der Waals surface area (Å²) < 4.78 is 40.8. The molecule has 0 N–H and O–H groups in total. The van der Waals surface area contributed by atoms with Crippen LogP contribution in [-0.2, 0) is 0 Å².